The van der Waals surface area contributed by atoms with Gasteiger partial charge in [-0.2, -0.15) is 0 Å². The van der Waals surface area contributed by atoms with Crippen molar-refractivity contribution in [2.45, 2.75) is 51.9 Å². The van der Waals surface area contributed by atoms with E-state index in [2.05, 4.69) is 6.92 Å². The molecule has 0 aromatic heterocycles. The van der Waals surface area contributed by atoms with Crippen molar-refractivity contribution in [2.75, 3.05) is 0 Å². The summed E-state index contributed by atoms with van der Waals surface area (Å²) in [5.41, 5.74) is 0.0665. The van der Waals surface area contributed by atoms with Gasteiger partial charge in [0, 0.05) is 0 Å². The van der Waals surface area contributed by atoms with Crippen LogP contribution >= 0.6 is 0 Å². The first-order valence-corrected chi connectivity index (χ1v) is 8.99. The smallest absolute Gasteiger partial charge is 0.194 e. The predicted octanol–water partition coefficient (Wildman–Crippen LogP) is 6.92. The molecule has 1 saturated carbocycles. The second kappa shape index (κ2) is 8.07. The van der Waals surface area contributed by atoms with Crippen molar-refractivity contribution < 1.29 is 18.7 Å². The van der Waals surface area contributed by atoms with Crippen LogP contribution in [0, 0.1) is 29.3 Å². The van der Waals surface area contributed by atoms with Crippen molar-refractivity contribution in [2.24, 2.45) is 11.8 Å². The molecule has 0 bridgehead atoms. The van der Waals surface area contributed by atoms with Crippen LogP contribution in [0.3, 0.4) is 0 Å². The lowest BCUT2D eigenvalue weighted by atomic mass is 9.78. The Hall–Kier alpha value is -1.77. The van der Waals surface area contributed by atoms with Crippen molar-refractivity contribution in [3.8, 4) is 11.1 Å². The molecule has 1 aliphatic carbocycles. The maximum atomic E-state index is 13.8. The second-order valence-electron chi connectivity index (χ2n) is 6.92. The molecule has 2 aromatic carbocycles. The number of aryl methyl sites for hydroxylation is 1. The van der Waals surface area contributed by atoms with Crippen LogP contribution in [0.4, 0.5) is 13.2 Å². The van der Waals surface area contributed by atoms with Crippen LogP contribution in [0.25, 0.3) is 11.1 Å². The van der Waals surface area contributed by atoms with Crippen LogP contribution < -0.4 is 0 Å². The maximum absolute atomic E-state index is 13.8. The molecule has 0 saturated heterocycles. The van der Waals surface area contributed by atoms with Crippen LogP contribution in [0.5, 0.6) is 0 Å². The largest absolute Gasteiger partial charge is 0.204 e. The lowest BCUT2D eigenvalue weighted by Gasteiger charge is -2.27. The molecule has 0 unspecified atom stereocenters. The summed E-state index contributed by atoms with van der Waals surface area (Å²) in [6.07, 6.45) is 7.60. The fourth-order valence-electron chi connectivity index (χ4n) is 3.59. The second-order valence-corrected chi connectivity index (χ2v) is 6.92. The third kappa shape index (κ3) is 4.45. The molecule has 3 heteroatoms. The van der Waals surface area contributed by atoms with E-state index >= 15 is 0 Å². The SMILES string of the molecule is [2H]c1c(CCC2CCC(CC)CC2)ccc(-c2c([2H])c(F)c(F)c(F)c2[2H])c1[2H]. The van der Waals surface area contributed by atoms with E-state index in [1.54, 1.807) is 6.07 Å². The van der Waals surface area contributed by atoms with Crippen molar-refractivity contribution in [3.63, 3.8) is 0 Å². The van der Waals surface area contributed by atoms with Gasteiger partial charge in [0.25, 0.3) is 0 Å². The molecule has 0 N–H and O–H groups in total. The molecule has 0 aliphatic heterocycles. The van der Waals surface area contributed by atoms with Gasteiger partial charge in [-0.1, -0.05) is 63.2 Å². The van der Waals surface area contributed by atoms with E-state index in [-0.39, 0.29) is 17.6 Å². The Labute approximate surface area is 153 Å². The molecule has 3 rings (SSSR count). The highest BCUT2D eigenvalue weighted by Gasteiger charge is 2.19. The molecule has 0 nitrogen and oxygen atoms in total. The minimum Gasteiger partial charge on any atom is -0.204 e. The van der Waals surface area contributed by atoms with Gasteiger partial charge in [-0.05, 0) is 53.5 Å². The van der Waals surface area contributed by atoms with Gasteiger partial charge in [0.1, 0.15) is 0 Å². The Morgan fingerprint density at radius 2 is 1.56 bits per heavy atom. The Bertz CT molecular complexity index is 877. The van der Waals surface area contributed by atoms with E-state index in [0.717, 1.165) is 12.3 Å². The quantitative estimate of drug-likeness (QED) is 0.513. The number of benzene rings is 2. The van der Waals surface area contributed by atoms with Gasteiger partial charge in [-0.25, -0.2) is 13.2 Å². The van der Waals surface area contributed by atoms with Crippen LogP contribution in [0.2, 0.25) is 0 Å². The van der Waals surface area contributed by atoms with E-state index in [1.165, 1.54) is 38.2 Å². The van der Waals surface area contributed by atoms with Crippen molar-refractivity contribution in [3.05, 3.63) is 59.3 Å². The first-order chi connectivity index (χ1) is 13.8. The molecule has 0 amide bonds. The summed E-state index contributed by atoms with van der Waals surface area (Å²) in [5.74, 6) is -3.83. The zero-order valence-corrected chi connectivity index (χ0v) is 14.4. The Kier molecular flexibility index (Phi) is 4.34. The minimum absolute atomic E-state index is 0.0753. The summed E-state index contributed by atoms with van der Waals surface area (Å²) in [4.78, 5) is 0. The Balaban J connectivity index is 1.84. The summed E-state index contributed by atoms with van der Waals surface area (Å²) in [6, 6.07) is 0.708. The highest BCUT2D eigenvalue weighted by molar-refractivity contribution is 5.63. The average molecular weight is 350 g/mol. The fraction of sp³-hybridized carbons (Fsp3) is 0.455. The lowest BCUT2D eigenvalue weighted by Crippen LogP contribution is -2.14. The van der Waals surface area contributed by atoms with Crippen molar-refractivity contribution in [1.29, 1.82) is 0 Å². The van der Waals surface area contributed by atoms with Gasteiger partial charge >= 0.3 is 0 Å². The molecule has 0 atom stereocenters. The number of hydrogen-bond acceptors (Lipinski definition) is 0. The molecule has 2 aromatic rings. The third-order valence-corrected chi connectivity index (χ3v) is 5.30. The monoisotopic (exact) mass is 350 g/mol. The summed E-state index contributed by atoms with van der Waals surface area (Å²) in [5, 5.41) is 0. The molecule has 0 radical (unpaired) electrons. The van der Waals surface area contributed by atoms with Crippen LogP contribution in [-0.2, 0) is 6.42 Å². The lowest BCUT2D eigenvalue weighted by molar-refractivity contribution is 0.259. The summed E-state index contributed by atoms with van der Waals surface area (Å²) < 4.78 is 73.1. The third-order valence-electron chi connectivity index (χ3n) is 5.30. The van der Waals surface area contributed by atoms with Gasteiger partial charge in [-0.3, -0.25) is 0 Å². The Morgan fingerprint density at radius 1 is 0.920 bits per heavy atom. The fourth-order valence-corrected chi connectivity index (χ4v) is 3.59. The topological polar surface area (TPSA) is 0 Å². The van der Waals surface area contributed by atoms with Crippen molar-refractivity contribution in [1.82, 2.24) is 0 Å². The average Bonchev–Trinajstić information content (AvgIpc) is 2.73. The molecule has 0 heterocycles. The highest BCUT2D eigenvalue weighted by Crippen LogP contribution is 2.33. The highest BCUT2D eigenvalue weighted by atomic mass is 19.2. The molecular weight excluding hydrogens is 321 g/mol. The molecule has 1 aliphatic rings. The van der Waals surface area contributed by atoms with E-state index < -0.39 is 35.1 Å². The summed E-state index contributed by atoms with van der Waals surface area (Å²) in [6.45, 7) is 2.22. The zero-order chi connectivity index (χ0) is 21.3. The maximum Gasteiger partial charge on any atom is 0.194 e. The van der Waals surface area contributed by atoms with Crippen LogP contribution in [0.15, 0.2) is 36.3 Å². The number of halogens is 3. The molecule has 1 fully saturated rings. The van der Waals surface area contributed by atoms with Gasteiger partial charge in [0.05, 0.1) is 5.48 Å². The van der Waals surface area contributed by atoms with Gasteiger partial charge in [0.2, 0.25) is 0 Å². The normalized spacial score (nSPS) is 22.9. The van der Waals surface area contributed by atoms with Crippen LogP contribution in [0.1, 0.15) is 56.5 Å². The number of rotatable bonds is 5. The number of hydrogen-bond donors (Lipinski definition) is 0. The zero-order valence-electron chi connectivity index (χ0n) is 18.4. The molecule has 0 spiro atoms. The first-order valence-electron chi connectivity index (χ1n) is 11.0. The van der Waals surface area contributed by atoms with E-state index in [1.807, 2.05) is 0 Å². The van der Waals surface area contributed by atoms with Gasteiger partial charge < -0.3 is 0 Å². The van der Waals surface area contributed by atoms with Crippen LogP contribution in [-0.4, -0.2) is 0 Å². The van der Waals surface area contributed by atoms with E-state index in [4.69, 9.17) is 5.48 Å². The molecule has 134 valence electrons. The predicted molar refractivity (Wildman–Crippen MR) is 95.8 cm³/mol. The van der Waals surface area contributed by atoms with Crippen molar-refractivity contribution >= 4 is 0 Å². The first kappa shape index (κ1) is 13.4. The Morgan fingerprint density at radius 3 is 2.20 bits per heavy atom. The summed E-state index contributed by atoms with van der Waals surface area (Å²) >= 11 is 0. The molecular formula is C22H25F3. The standard InChI is InChI=1S/C22H25F3/c1-2-15-3-5-16(6-4-15)7-8-17-9-11-18(12-10-17)19-13-20(23)22(25)21(24)14-19/h9-16H,2-8H2,1H3/i9D,11D,13D,14D. The van der Waals surface area contributed by atoms with Gasteiger partial charge in [0.15, 0.2) is 17.5 Å². The van der Waals surface area contributed by atoms with E-state index in [0.29, 0.717) is 17.9 Å². The van der Waals surface area contributed by atoms with Gasteiger partial charge in [-0.15, -0.1) is 0 Å². The summed E-state index contributed by atoms with van der Waals surface area (Å²) in [7, 11) is 0. The minimum atomic E-state index is -1.87. The molecule has 25 heavy (non-hydrogen) atoms. The van der Waals surface area contributed by atoms with E-state index in [9.17, 15) is 13.2 Å².